The van der Waals surface area contributed by atoms with E-state index in [1.807, 2.05) is 36.4 Å². The van der Waals surface area contributed by atoms with Crippen LogP contribution in [0.4, 0.5) is 4.39 Å². The molecule has 0 aliphatic carbocycles. The van der Waals surface area contributed by atoms with E-state index in [0.29, 0.717) is 46.1 Å². The number of hydrogen-bond donors (Lipinski definition) is 2. The Balaban J connectivity index is 1.23. The molecule has 0 amide bonds. The summed E-state index contributed by atoms with van der Waals surface area (Å²) in [6.45, 7) is 3.55. The molecule has 9 nitrogen and oxygen atoms in total. The van der Waals surface area contributed by atoms with Crippen LogP contribution in [0.15, 0.2) is 67.1 Å². The summed E-state index contributed by atoms with van der Waals surface area (Å²) in [4.78, 5) is 24.0. The molecule has 1 aromatic carbocycles. The van der Waals surface area contributed by atoms with Crippen LogP contribution in [0.1, 0.15) is 12.8 Å². The van der Waals surface area contributed by atoms with Gasteiger partial charge in [-0.15, -0.1) is 0 Å². The second kappa shape index (κ2) is 9.88. The lowest BCUT2D eigenvalue weighted by molar-refractivity contribution is 0.237. The number of aromatic amines is 2. The van der Waals surface area contributed by atoms with Gasteiger partial charge in [-0.1, -0.05) is 0 Å². The Morgan fingerprint density at radius 3 is 2.74 bits per heavy atom. The Bertz CT molecular complexity index is 1780. The van der Waals surface area contributed by atoms with Crippen LogP contribution in [0, 0.1) is 5.82 Å². The molecule has 0 unspecified atom stereocenters. The Hall–Kier alpha value is -4.70. The number of pyridine rings is 3. The molecular weight excluding hydrogens is 495 g/mol. The van der Waals surface area contributed by atoms with Gasteiger partial charge in [0.05, 0.1) is 11.2 Å². The lowest BCUT2D eigenvalue weighted by Gasteiger charge is -2.15. The molecule has 0 saturated carbocycles. The van der Waals surface area contributed by atoms with E-state index in [0.717, 1.165) is 42.0 Å². The van der Waals surface area contributed by atoms with E-state index in [9.17, 15) is 4.39 Å². The van der Waals surface area contributed by atoms with Crippen LogP contribution in [0.3, 0.4) is 0 Å². The summed E-state index contributed by atoms with van der Waals surface area (Å²) in [7, 11) is 0. The van der Waals surface area contributed by atoms with Gasteiger partial charge in [-0.3, -0.25) is 15.0 Å². The standard InChI is InChI=1S/C29H25FN8O/c30-20-14-19(15-21(16-20)39-13-12-38-10-1-2-11-38)22-7-9-32-28-25(22)34-29(35-28)27-26-24(36-37-27)6-5-23(33-26)18-4-3-8-31-17-18/h3-9,14-17H,1-2,10-13H2,(H,36,37)(H,32,34,35). The number of benzene rings is 1. The van der Waals surface area contributed by atoms with Gasteiger partial charge in [0.15, 0.2) is 17.2 Å². The fraction of sp³-hybridized carbons (Fsp3) is 0.207. The summed E-state index contributed by atoms with van der Waals surface area (Å²) < 4.78 is 20.6. The number of imidazole rings is 1. The Morgan fingerprint density at radius 1 is 0.949 bits per heavy atom. The van der Waals surface area contributed by atoms with Gasteiger partial charge in [0.25, 0.3) is 0 Å². The predicted molar refractivity (Wildman–Crippen MR) is 147 cm³/mol. The maximum Gasteiger partial charge on any atom is 0.162 e. The van der Waals surface area contributed by atoms with Crippen molar-refractivity contribution in [3.05, 3.63) is 72.9 Å². The van der Waals surface area contributed by atoms with E-state index < -0.39 is 0 Å². The van der Waals surface area contributed by atoms with Crippen LogP contribution in [-0.4, -0.2) is 66.3 Å². The molecule has 6 aromatic rings. The third-order valence-corrected chi connectivity index (χ3v) is 7.03. The number of nitrogens with zero attached hydrogens (tertiary/aromatic N) is 6. The highest BCUT2D eigenvalue weighted by Gasteiger charge is 2.18. The summed E-state index contributed by atoms with van der Waals surface area (Å²) in [5.41, 5.74) is 6.32. The topological polar surface area (TPSA) is 108 Å². The van der Waals surface area contributed by atoms with Crippen LogP contribution in [0.2, 0.25) is 0 Å². The average Bonchev–Trinajstić information content (AvgIpc) is 3.72. The molecule has 0 radical (unpaired) electrons. The van der Waals surface area contributed by atoms with Crippen molar-refractivity contribution in [3.63, 3.8) is 0 Å². The third kappa shape index (κ3) is 4.59. The van der Waals surface area contributed by atoms with Gasteiger partial charge < -0.3 is 9.72 Å². The smallest absolute Gasteiger partial charge is 0.162 e. The Kier molecular flexibility index (Phi) is 5.93. The van der Waals surface area contributed by atoms with Gasteiger partial charge in [0.2, 0.25) is 0 Å². The maximum atomic E-state index is 14.7. The molecule has 1 saturated heterocycles. The third-order valence-electron chi connectivity index (χ3n) is 7.03. The van der Waals surface area contributed by atoms with E-state index >= 15 is 0 Å². The van der Waals surface area contributed by atoms with Gasteiger partial charge in [0, 0.05) is 42.3 Å². The van der Waals surface area contributed by atoms with Crippen molar-refractivity contribution in [3.8, 4) is 39.7 Å². The summed E-state index contributed by atoms with van der Waals surface area (Å²) in [5.74, 6) is 0.649. The first kappa shape index (κ1) is 23.4. The molecule has 10 heteroatoms. The number of hydrogen-bond acceptors (Lipinski definition) is 7. The van der Waals surface area contributed by atoms with Crippen LogP contribution >= 0.6 is 0 Å². The Morgan fingerprint density at radius 2 is 1.87 bits per heavy atom. The number of rotatable bonds is 7. The van der Waals surface area contributed by atoms with Crippen molar-refractivity contribution in [2.75, 3.05) is 26.2 Å². The minimum atomic E-state index is -0.366. The zero-order valence-corrected chi connectivity index (χ0v) is 21.1. The van der Waals surface area contributed by atoms with Crippen LogP contribution in [0.5, 0.6) is 5.75 Å². The lowest BCUT2D eigenvalue weighted by Crippen LogP contribution is -2.25. The van der Waals surface area contributed by atoms with Crippen LogP contribution in [-0.2, 0) is 0 Å². The summed E-state index contributed by atoms with van der Waals surface area (Å²) in [6.07, 6.45) is 7.63. The van der Waals surface area contributed by atoms with Crippen molar-refractivity contribution in [1.82, 2.24) is 40.0 Å². The minimum absolute atomic E-state index is 0.366. The van der Waals surface area contributed by atoms with Crippen molar-refractivity contribution < 1.29 is 9.13 Å². The Labute approximate surface area is 223 Å². The van der Waals surface area contributed by atoms with Crippen LogP contribution < -0.4 is 4.74 Å². The van der Waals surface area contributed by atoms with Gasteiger partial charge in [-0.05, 0) is 74.0 Å². The second-order valence-corrected chi connectivity index (χ2v) is 9.62. The minimum Gasteiger partial charge on any atom is -0.492 e. The number of aromatic nitrogens is 7. The molecule has 6 heterocycles. The van der Waals surface area contributed by atoms with Crippen molar-refractivity contribution in [2.24, 2.45) is 0 Å². The average molecular weight is 521 g/mol. The van der Waals surface area contributed by atoms with Crippen molar-refractivity contribution >= 4 is 22.2 Å². The molecule has 2 N–H and O–H groups in total. The quantitative estimate of drug-likeness (QED) is 0.296. The maximum absolute atomic E-state index is 14.7. The molecule has 7 rings (SSSR count). The highest BCUT2D eigenvalue weighted by Crippen LogP contribution is 2.33. The largest absolute Gasteiger partial charge is 0.492 e. The van der Waals surface area contributed by atoms with Crippen LogP contribution in [0.25, 0.3) is 56.1 Å². The second-order valence-electron chi connectivity index (χ2n) is 9.62. The zero-order valence-electron chi connectivity index (χ0n) is 21.1. The number of halogens is 1. The van der Waals surface area contributed by atoms with Gasteiger partial charge in [-0.2, -0.15) is 5.10 Å². The number of nitrogens with one attached hydrogen (secondary N) is 2. The van der Waals surface area contributed by atoms with Crippen molar-refractivity contribution in [1.29, 1.82) is 0 Å². The molecule has 0 atom stereocenters. The number of fused-ring (bicyclic) bond motifs is 2. The normalized spacial score (nSPS) is 14.0. The van der Waals surface area contributed by atoms with E-state index in [2.05, 4.69) is 30.0 Å². The summed E-state index contributed by atoms with van der Waals surface area (Å²) in [5, 5.41) is 7.52. The van der Waals surface area contributed by atoms with Gasteiger partial charge in [-0.25, -0.2) is 19.3 Å². The first-order chi connectivity index (χ1) is 19.2. The van der Waals surface area contributed by atoms with E-state index in [1.54, 1.807) is 18.6 Å². The van der Waals surface area contributed by atoms with E-state index in [-0.39, 0.29) is 5.82 Å². The monoisotopic (exact) mass is 520 g/mol. The SMILES string of the molecule is Fc1cc(OCCN2CCCC2)cc(-c2ccnc3[nH]c(-c4n[nH]c5ccc(-c6cccnc6)nc45)nc23)c1. The molecule has 194 valence electrons. The molecule has 39 heavy (non-hydrogen) atoms. The number of likely N-dealkylation sites (tertiary alicyclic amines) is 1. The molecular formula is C29H25FN8O. The van der Waals surface area contributed by atoms with Crippen molar-refractivity contribution in [2.45, 2.75) is 12.8 Å². The number of ether oxygens (including phenoxy) is 1. The molecule has 5 aromatic heterocycles. The van der Waals surface area contributed by atoms with Gasteiger partial charge in [0.1, 0.15) is 29.2 Å². The number of H-pyrrole nitrogens is 2. The fourth-order valence-electron chi connectivity index (χ4n) is 5.10. The van der Waals surface area contributed by atoms with Gasteiger partial charge >= 0.3 is 0 Å². The first-order valence-electron chi connectivity index (χ1n) is 13.0. The van der Waals surface area contributed by atoms with E-state index in [1.165, 1.54) is 25.0 Å². The highest BCUT2D eigenvalue weighted by atomic mass is 19.1. The molecule has 0 spiro atoms. The zero-order chi connectivity index (χ0) is 26.2. The molecule has 1 aliphatic rings. The predicted octanol–water partition coefficient (Wildman–Crippen LogP) is 5.24. The lowest BCUT2D eigenvalue weighted by atomic mass is 10.1. The molecule has 1 aliphatic heterocycles. The molecule has 1 fully saturated rings. The first-order valence-corrected chi connectivity index (χ1v) is 13.0. The van der Waals surface area contributed by atoms with E-state index in [4.69, 9.17) is 14.7 Å². The molecule has 0 bridgehead atoms. The highest BCUT2D eigenvalue weighted by molar-refractivity contribution is 5.95. The summed E-state index contributed by atoms with van der Waals surface area (Å²) in [6, 6.07) is 14.3. The summed E-state index contributed by atoms with van der Waals surface area (Å²) >= 11 is 0. The fourth-order valence-corrected chi connectivity index (χ4v) is 5.10.